The number of nitrogens with one attached hydrogen (secondary N) is 2. The van der Waals surface area contributed by atoms with Gasteiger partial charge in [0.1, 0.15) is 11.8 Å². The van der Waals surface area contributed by atoms with Crippen LogP contribution in [0.5, 0.6) is 11.6 Å². The number of benzene rings is 2. The molecule has 1 aromatic heterocycles. The van der Waals surface area contributed by atoms with E-state index in [1.807, 2.05) is 19.1 Å². The fraction of sp³-hybridized carbons (Fsp3) is 0.261. The Morgan fingerprint density at radius 2 is 2.00 bits per heavy atom. The highest BCUT2D eigenvalue weighted by Gasteiger charge is 2.30. The first kappa shape index (κ1) is 20.5. The monoisotopic (exact) mass is 421 g/mol. The van der Waals surface area contributed by atoms with Gasteiger partial charge in [0, 0.05) is 35.5 Å². The Morgan fingerprint density at radius 1 is 1.23 bits per heavy atom. The summed E-state index contributed by atoms with van der Waals surface area (Å²) in [5.41, 5.74) is 1.39. The number of carbonyl (C=O) groups excluding carboxylic acids is 3. The number of fused-ring (bicyclic) bond motifs is 1. The van der Waals surface area contributed by atoms with Crippen LogP contribution in [0.25, 0.3) is 10.8 Å². The number of carbonyl (C=O) groups is 3. The average molecular weight is 421 g/mol. The van der Waals surface area contributed by atoms with Crippen LogP contribution in [-0.2, 0) is 16.1 Å². The number of aromatic nitrogens is 1. The van der Waals surface area contributed by atoms with Gasteiger partial charge in [-0.2, -0.15) is 0 Å². The predicted octanol–water partition coefficient (Wildman–Crippen LogP) is 2.65. The smallest absolute Gasteiger partial charge is 0.251 e. The molecule has 0 saturated carbocycles. The summed E-state index contributed by atoms with van der Waals surface area (Å²) >= 11 is 0. The Bertz CT molecular complexity index is 1150. The normalized spacial score (nSPS) is 16.2. The first-order chi connectivity index (χ1) is 15.0. The molecule has 1 aliphatic heterocycles. The SMILES string of the molecule is CCOc1ccc(C(=O)NCc2ccc3c(O)n(C4CCC(=O)NC4=O)cc3c2)cc1. The Hall–Kier alpha value is -3.81. The predicted molar refractivity (Wildman–Crippen MR) is 114 cm³/mol. The van der Waals surface area contributed by atoms with E-state index in [1.54, 1.807) is 36.5 Å². The highest BCUT2D eigenvalue weighted by Crippen LogP contribution is 2.33. The van der Waals surface area contributed by atoms with Crippen molar-refractivity contribution in [2.75, 3.05) is 6.61 Å². The van der Waals surface area contributed by atoms with Gasteiger partial charge in [0.15, 0.2) is 5.88 Å². The van der Waals surface area contributed by atoms with Crippen LogP contribution < -0.4 is 15.4 Å². The first-order valence-corrected chi connectivity index (χ1v) is 10.1. The molecule has 1 unspecified atom stereocenters. The number of ether oxygens (including phenoxy) is 1. The van der Waals surface area contributed by atoms with Crippen LogP contribution >= 0.6 is 0 Å². The number of hydrogen-bond donors (Lipinski definition) is 3. The minimum atomic E-state index is -0.632. The molecule has 0 radical (unpaired) electrons. The summed E-state index contributed by atoms with van der Waals surface area (Å²) in [4.78, 5) is 35.9. The number of hydrogen-bond acceptors (Lipinski definition) is 5. The van der Waals surface area contributed by atoms with Crippen LogP contribution in [-0.4, -0.2) is 34.0 Å². The van der Waals surface area contributed by atoms with Gasteiger partial charge in [0.05, 0.1) is 6.61 Å². The molecule has 3 aromatic rings. The van der Waals surface area contributed by atoms with Gasteiger partial charge in [0.2, 0.25) is 11.8 Å². The van der Waals surface area contributed by atoms with Crippen molar-refractivity contribution in [3.8, 4) is 11.6 Å². The lowest BCUT2D eigenvalue weighted by Crippen LogP contribution is -2.41. The zero-order valence-electron chi connectivity index (χ0n) is 17.1. The molecule has 0 spiro atoms. The maximum Gasteiger partial charge on any atom is 0.251 e. The minimum Gasteiger partial charge on any atom is -0.494 e. The maximum absolute atomic E-state index is 12.4. The van der Waals surface area contributed by atoms with Gasteiger partial charge in [-0.05, 0) is 55.3 Å². The van der Waals surface area contributed by atoms with Crippen LogP contribution in [0.3, 0.4) is 0 Å². The lowest BCUT2D eigenvalue weighted by molar-refractivity contribution is -0.135. The summed E-state index contributed by atoms with van der Waals surface area (Å²) in [6.07, 6.45) is 2.26. The molecule has 4 rings (SSSR count). The fourth-order valence-electron chi connectivity index (χ4n) is 3.72. The molecular formula is C23H23N3O5. The van der Waals surface area contributed by atoms with E-state index in [0.717, 1.165) is 10.9 Å². The Morgan fingerprint density at radius 3 is 2.71 bits per heavy atom. The van der Waals surface area contributed by atoms with E-state index in [4.69, 9.17) is 4.74 Å². The molecule has 2 aromatic carbocycles. The number of piperidine rings is 1. The number of rotatable bonds is 6. The topological polar surface area (TPSA) is 110 Å². The number of aromatic hydroxyl groups is 1. The van der Waals surface area contributed by atoms with Gasteiger partial charge in [0.25, 0.3) is 5.91 Å². The highest BCUT2D eigenvalue weighted by molar-refractivity contribution is 6.00. The molecule has 8 nitrogen and oxygen atoms in total. The molecule has 0 bridgehead atoms. The molecule has 2 heterocycles. The third-order valence-electron chi connectivity index (χ3n) is 5.31. The summed E-state index contributed by atoms with van der Waals surface area (Å²) in [5, 5.41) is 17.1. The largest absolute Gasteiger partial charge is 0.494 e. The van der Waals surface area contributed by atoms with Crippen LogP contribution in [0.2, 0.25) is 0 Å². The standard InChI is InChI=1S/C23H23N3O5/c1-2-31-17-6-4-15(5-7-17)21(28)24-12-14-3-8-18-16(11-14)13-26(23(18)30)19-9-10-20(27)25-22(19)29/h3-8,11,13,19,30H,2,9-10,12H2,1H3,(H,24,28)(H,25,27,29). The van der Waals surface area contributed by atoms with Gasteiger partial charge >= 0.3 is 0 Å². The summed E-state index contributed by atoms with van der Waals surface area (Å²) in [6, 6.07) is 11.7. The van der Waals surface area contributed by atoms with Crippen molar-refractivity contribution in [3.05, 3.63) is 59.8 Å². The van der Waals surface area contributed by atoms with Gasteiger partial charge in [-0.1, -0.05) is 6.07 Å². The molecule has 1 aliphatic rings. The van der Waals surface area contributed by atoms with Crippen LogP contribution in [0.1, 0.15) is 41.7 Å². The van der Waals surface area contributed by atoms with Gasteiger partial charge in [-0.15, -0.1) is 0 Å². The fourth-order valence-corrected chi connectivity index (χ4v) is 3.72. The van der Waals surface area contributed by atoms with E-state index < -0.39 is 11.9 Å². The summed E-state index contributed by atoms with van der Waals surface area (Å²) in [7, 11) is 0. The molecule has 1 saturated heterocycles. The van der Waals surface area contributed by atoms with E-state index in [9.17, 15) is 19.5 Å². The first-order valence-electron chi connectivity index (χ1n) is 10.1. The van der Waals surface area contributed by atoms with Crippen LogP contribution in [0, 0.1) is 0 Å². The van der Waals surface area contributed by atoms with Crippen molar-refractivity contribution in [2.24, 2.45) is 0 Å². The van der Waals surface area contributed by atoms with Crippen LogP contribution in [0.4, 0.5) is 0 Å². The second-order valence-corrected chi connectivity index (χ2v) is 7.39. The molecule has 31 heavy (non-hydrogen) atoms. The second kappa shape index (κ2) is 8.51. The maximum atomic E-state index is 12.4. The molecule has 8 heteroatoms. The Labute approximate surface area is 178 Å². The van der Waals surface area contributed by atoms with Crippen molar-refractivity contribution in [3.63, 3.8) is 0 Å². The number of imide groups is 1. The van der Waals surface area contributed by atoms with Crippen molar-refractivity contribution < 1.29 is 24.2 Å². The second-order valence-electron chi connectivity index (χ2n) is 7.39. The number of nitrogens with zero attached hydrogens (tertiary/aromatic N) is 1. The zero-order valence-corrected chi connectivity index (χ0v) is 17.1. The summed E-state index contributed by atoms with van der Waals surface area (Å²) < 4.78 is 6.88. The molecule has 1 fully saturated rings. The quantitative estimate of drug-likeness (QED) is 0.530. The minimum absolute atomic E-state index is 0.0190. The van der Waals surface area contributed by atoms with Gasteiger partial charge in [-0.25, -0.2) is 0 Å². The lowest BCUT2D eigenvalue weighted by atomic mass is 10.1. The Kier molecular flexibility index (Phi) is 5.62. The molecular weight excluding hydrogens is 398 g/mol. The highest BCUT2D eigenvalue weighted by atomic mass is 16.5. The average Bonchev–Trinajstić information content (AvgIpc) is 3.08. The third kappa shape index (κ3) is 4.23. The van der Waals surface area contributed by atoms with E-state index in [1.165, 1.54) is 4.57 Å². The molecule has 3 N–H and O–H groups in total. The van der Waals surface area contributed by atoms with E-state index in [0.29, 0.717) is 36.3 Å². The summed E-state index contributed by atoms with van der Waals surface area (Å²) in [5.74, 6) is -0.232. The van der Waals surface area contributed by atoms with E-state index in [-0.39, 0.29) is 24.1 Å². The van der Waals surface area contributed by atoms with Crippen molar-refractivity contribution in [1.82, 2.24) is 15.2 Å². The van der Waals surface area contributed by atoms with E-state index in [2.05, 4.69) is 10.6 Å². The van der Waals surface area contributed by atoms with Gasteiger partial charge in [-0.3, -0.25) is 19.7 Å². The summed E-state index contributed by atoms with van der Waals surface area (Å²) in [6.45, 7) is 2.78. The zero-order chi connectivity index (χ0) is 22.0. The van der Waals surface area contributed by atoms with Crippen molar-refractivity contribution in [1.29, 1.82) is 0 Å². The van der Waals surface area contributed by atoms with Crippen LogP contribution in [0.15, 0.2) is 48.7 Å². The Balaban J connectivity index is 1.47. The lowest BCUT2D eigenvalue weighted by Gasteiger charge is -2.22. The third-order valence-corrected chi connectivity index (χ3v) is 5.31. The van der Waals surface area contributed by atoms with E-state index >= 15 is 0 Å². The molecule has 3 amide bonds. The van der Waals surface area contributed by atoms with Crippen molar-refractivity contribution in [2.45, 2.75) is 32.4 Å². The number of amides is 3. The molecule has 160 valence electrons. The van der Waals surface area contributed by atoms with Gasteiger partial charge < -0.3 is 19.7 Å². The molecule has 0 aliphatic carbocycles. The molecule has 1 atom stereocenters. The van der Waals surface area contributed by atoms with Crippen molar-refractivity contribution >= 4 is 28.5 Å².